The lowest BCUT2D eigenvalue weighted by atomic mass is 10.1. The third-order valence-corrected chi connectivity index (χ3v) is 6.38. The van der Waals surface area contributed by atoms with Gasteiger partial charge in [0.2, 0.25) is 0 Å². The molecule has 6 nitrogen and oxygen atoms in total. The Morgan fingerprint density at radius 3 is 2.09 bits per heavy atom. The third-order valence-electron chi connectivity index (χ3n) is 5.04. The maximum Gasteiger partial charge on any atom is 0.416 e. The summed E-state index contributed by atoms with van der Waals surface area (Å²) in [6.07, 6.45) is -4.53. The Morgan fingerprint density at radius 2 is 1.45 bits per heavy atom. The minimum absolute atomic E-state index is 0.0274. The van der Waals surface area contributed by atoms with Crippen LogP contribution in [0.5, 0.6) is 0 Å². The molecule has 3 aromatic carbocycles. The molecular formula is C23H19F3N4O2S. The zero-order valence-corrected chi connectivity index (χ0v) is 18.4. The molecule has 1 heterocycles. The van der Waals surface area contributed by atoms with Crippen LogP contribution in [0.4, 0.5) is 30.5 Å². The molecule has 0 spiro atoms. The molecule has 0 bridgehead atoms. The number of para-hydroxylation sites is 2. The highest BCUT2D eigenvalue weighted by molar-refractivity contribution is 7.92. The van der Waals surface area contributed by atoms with Crippen LogP contribution in [0.15, 0.2) is 71.6 Å². The van der Waals surface area contributed by atoms with Crippen LogP contribution in [-0.4, -0.2) is 18.4 Å². The van der Waals surface area contributed by atoms with Crippen LogP contribution in [0.1, 0.15) is 16.7 Å². The Bertz CT molecular complexity index is 1450. The number of sulfonamides is 1. The largest absolute Gasteiger partial charge is 0.416 e. The molecule has 0 radical (unpaired) electrons. The van der Waals surface area contributed by atoms with Crippen molar-refractivity contribution in [2.45, 2.75) is 24.9 Å². The van der Waals surface area contributed by atoms with Crippen molar-refractivity contribution in [1.29, 1.82) is 0 Å². The quantitative estimate of drug-likeness (QED) is 0.383. The number of aryl methyl sites for hydroxylation is 2. The van der Waals surface area contributed by atoms with Crippen molar-refractivity contribution in [3.8, 4) is 0 Å². The van der Waals surface area contributed by atoms with Gasteiger partial charge in [0.05, 0.1) is 21.5 Å². The summed E-state index contributed by atoms with van der Waals surface area (Å²) in [6, 6.07) is 16.0. The van der Waals surface area contributed by atoms with Crippen LogP contribution in [0.3, 0.4) is 0 Å². The first-order valence-corrected chi connectivity index (χ1v) is 11.3. The van der Waals surface area contributed by atoms with E-state index in [0.29, 0.717) is 11.0 Å². The van der Waals surface area contributed by atoms with Gasteiger partial charge >= 0.3 is 6.18 Å². The molecule has 0 atom stereocenters. The number of rotatable bonds is 5. The van der Waals surface area contributed by atoms with Gasteiger partial charge in [0.15, 0.2) is 11.6 Å². The fourth-order valence-electron chi connectivity index (χ4n) is 3.14. The number of nitrogens with one attached hydrogen (secondary N) is 2. The molecule has 4 aromatic rings. The summed E-state index contributed by atoms with van der Waals surface area (Å²) in [7, 11) is -4.04. The summed E-state index contributed by atoms with van der Waals surface area (Å²) in [5, 5.41) is 2.77. The SMILES string of the molecule is Cc1ccc(S(=O)(=O)Nc2nc3ccccc3nc2Nc2cccc(C(F)(F)F)c2)cc1C. The number of hydrogen-bond acceptors (Lipinski definition) is 5. The average Bonchev–Trinajstić information content (AvgIpc) is 2.75. The number of hydrogen-bond donors (Lipinski definition) is 2. The second-order valence-corrected chi connectivity index (χ2v) is 9.15. The van der Waals surface area contributed by atoms with E-state index in [4.69, 9.17) is 0 Å². The van der Waals surface area contributed by atoms with Gasteiger partial charge in [-0.1, -0.05) is 24.3 Å². The van der Waals surface area contributed by atoms with Gasteiger partial charge in [0, 0.05) is 5.69 Å². The van der Waals surface area contributed by atoms with Gasteiger partial charge in [0.1, 0.15) is 0 Å². The van der Waals surface area contributed by atoms with E-state index in [2.05, 4.69) is 20.0 Å². The third kappa shape index (κ3) is 4.90. The molecule has 2 N–H and O–H groups in total. The number of alkyl halides is 3. The summed E-state index contributed by atoms with van der Waals surface area (Å²) >= 11 is 0. The minimum Gasteiger partial charge on any atom is -0.337 e. The molecule has 10 heteroatoms. The molecule has 0 aliphatic carbocycles. The van der Waals surface area contributed by atoms with Crippen molar-refractivity contribution in [2.75, 3.05) is 10.0 Å². The standard InChI is InChI=1S/C23H19F3N4O2S/c1-14-10-11-18(12-15(14)2)33(31,32)30-22-21(28-19-8-3-4-9-20(19)29-22)27-17-7-5-6-16(13-17)23(24,25)26/h3-13H,1-2H3,(H,27,28)(H,29,30). The van der Waals surface area contributed by atoms with E-state index in [1.807, 2.05) is 6.92 Å². The van der Waals surface area contributed by atoms with Crippen molar-refractivity contribution in [2.24, 2.45) is 0 Å². The van der Waals surface area contributed by atoms with Gasteiger partial charge in [0.25, 0.3) is 10.0 Å². The number of anilines is 3. The second kappa shape index (κ2) is 8.36. The lowest BCUT2D eigenvalue weighted by Gasteiger charge is -2.15. The second-order valence-electron chi connectivity index (χ2n) is 7.46. The van der Waals surface area contributed by atoms with Crippen LogP contribution < -0.4 is 10.0 Å². The molecule has 0 aliphatic rings. The average molecular weight is 472 g/mol. The van der Waals surface area contributed by atoms with Gasteiger partial charge in [-0.3, -0.25) is 4.72 Å². The number of fused-ring (bicyclic) bond motifs is 1. The Balaban J connectivity index is 1.78. The predicted molar refractivity (Wildman–Crippen MR) is 121 cm³/mol. The van der Waals surface area contributed by atoms with E-state index in [1.165, 1.54) is 24.3 Å². The maximum atomic E-state index is 13.1. The summed E-state index contributed by atoms with van der Waals surface area (Å²) in [5.41, 5.74) is 1.83. The monoisotopic (exact) mass is 472 g/mol. The van der Waals surface area contributed by atoms with E-state index >= 15 is 0 Å². The molecule has 0 saturated carbocycles. The van der Waals surface area contributed by atoms with Crippen molar-refractivity contribution in [1.82, 2.24) is 9.97 Å². The molecular weight excluding hydrogens is 453 g/mol. The van der Waals surface area contributed by atoms with Crippen LogP contribution in [0.2, 0.25) is 0 Å². The molecule has 4 rings (SSSR count). The first-order valence-electron chi connectivity index (χ1n) is 9.84. The summed E-state index contributed by atoms with van der Waals surface area (Å²) < 4.78 is 67.8. The van der Waals surface area contributed by atoms with Crippen molar-refractivity contribution < 1.29 is 21.6 Å². The number of halogens is 3. The highest BCUT2D eigenvalue weighted by atomic mass is 32.2. The smallest absolute Gasteiger partial charge is 0.337 e. The predicted octanol–water partition coefficient (Wildman–Crippen LogP) is 5.81. The zero-order valence-electron chi connectivity index (χ0n) is 17.6. The molecule has 1 aromatic heterocycles. The summed E-state index contributed by atoms with van der Waals surface area (Å²) in [6.45, 7) is 3.66. The van der Waals surface area contributed by atoms with Crippen molar-refractivity contribution in [3.63, 3.8) is 0 Å². The van der Waals surface area contributed by atoms with Crippen molar-refractivity contribution in [3.05, 3.63) is 83.4 Å². The Labute approximate surface area is 188 Å². The van der Waals surface area contributed by atoms with E-state index in [9.17, 15) is 21.6 Å². The van der Waals surface area contributed by atoms with E-state index < -0.39 is 21.8 Å². The number of benzene rings is 3. The molecule has 0 saturated heterocycles. The van der Waals surface area contributed by atoms with Crippen LogP contribution in [0.25, 0.3) is 11.0 Å². The Hall–Kier alpha value is -3.66. The van der Waals surface area contributed by atoms with Gasteiger partial charge in [-0.05, 0) is 67.4 Å². The highest BCUT2D eigenvalue weighted by Gasteiger charge is 2.30. The fourth-order valence-corrected chi connectivity index (χ4v) is 4.23. The molecule has 33 heavy (non-hydrogen) atoms. The molecule has 0 amide bonds. The minimum atomic E-state index is -4.53. The lowest BCUT2D eigenvalue weighted by molar-refractivity contribution is -0.137. The fraction of sp³-hybridized carbons (Fsp3) is 0.130. The van der Waals surface area contributed by atoms with Crippen LogP contribution >= 0.6 is 0 Å². The van der Waals surface area contributed by atoms with E-state index in [0.717, 1.165) is 23.3 Å². The normalized spacial score (nSPS) is 12.0. The summed E-state index contributed by atoms with van der Waals surface area (Å²) in [5.74, 6) is -0.162. The van der Waals surface area contributed by atoms with Gasteiger partial charge in [-0.15, -0.1) is 0 Å². The molecule has 0 fully saturated rings. The number of nitrogens with zero attached hydrogens (tertiary/aromatic N) is 2. The molecule has 0 aliphatic heterocycles. The summed E-state index contributed by atoms with van der Waals surface area (Å²) in [4.78, 5) is 8.78. The Morgan fingerprint density at radius 1 is 0.788 bits per heavy atom. The number of aromatic nitrogens is 2. The van der Waals surface area contributed by atoms with Gasteiger partial charge in [-0.2, -0.15) is 13.2 Å². The van der Waals surface area contributed by atoms with Crippen LogP contribution in [0, 0.1) is 13.8 Å². The van der Waals surface area contributed by atoms with Gasteiger partial charge in [-0.25, -0.2) is 18.4 Å². The maximum absolute atomic E-state index is 13.1. The molecule has 170 valence electrons. The zero-order chi connectivity index (χ0) is 23.8. The lowest BCUT2D eigenvalue weighted by Crippen LogP contribution is -2.16. The first kappa shape index (κ1) is 22.5. The van der Waals surface area contributed by atoms with Gasteiger partial charge < -0.3 is 5.32 Å². The van der Waals surface area contributed by atoms with Crippen LogP contribution in [-0.2, 0) is 16.2 Å². The Kier molecular flexibility index (Phi) is 5.71. The van der Waals surface area contributed by atoms with E-state index in [1.54, 1.807) is 37.3 Å². The highest BCUT2D eigenvalue weighted by Crippen LogP contribution is 2.33. The topological polar surface area (TPSA) is 84.0 Å². The first-order chi connectivity index (χ1) is 15.5. The van der Waals surface area contributed by atoms with E-state index in [-0.39, 0.29) is 22.2 Å². The van der Waals surface area contributed by atoms with Crippen molar-refractivity contribution >= 4 is 38.4 Å². The molecule has 0 unspecified atom stereocenters.